The molecule has 278 valence electrons. The average molecular weight is 743 g/mol. The highest BCUT2D eigenvalue weighted by Gasteiger charge is 2.32. The number of carbonyl (C=O) groups is 1. The monoisotopic (exact) mass is 742 g/mol. The largest absolute Gasteiger partial charge is 0.480 e. The Hall–Kier alpha value is -6.15. The van der Waals surface area contributed by atoms with Gasteiger partial charge >= 0.3 is 12.6 Å². The molecule has 0 saturated carbocycles. The van der Waals surface area contributed by atoms with E-state index in [4.69, 9.17) is 30.1 Å². The number of likely N-dealkylation sites (tertiary alicyclic amines) is 2. The first kappa shape index (κ1) is 35.9. The zero-order valence-electron chi connectivity index (χ0n) is 30.2. The summed E-state index contributed by atoms with van der Waals surface area (Å²) in [7, 11) is 0. The number of nitriles is 1. The molecule has 55 heavy (non-hydrogen) atoms. The number of carboxylic acids is 1. The van der Waals surface area contributed by atoms with Gasteiger partial charge in [0.2, 0.25) is 17.8 Å². The van der Waals surface area contributed by atoms with E-state index in [-0.39, 0.29) is 23.9 Å². The fourth-order valence-electron chi connectivity index (χ4n) is 7.97. The Morgan fingerprint density at radius 1 is 0.982 bits per heavy atom. The third kappa shape index (κ3) is 6.89. The SMILES string of the molecule is [C-]#[N+]C1CCN(Cc2cc(C#N)c3oc(-c4cccc(-c5cccc(-c6nc7cc(CN8CCC[C@H]8C(=O)O)c(OC(F)F)cc7o6)c5C)c4C)nc3c2)C1. The molecule has 0 aliphatic carbocycles. The van der Waals surface area contributed by atoms with Crippen LogP contribution in [0.3, 0.4) is 0 Å². The van der Waals surface area contributed by atoms with Crippen molar-refractivity contribution in [2.45, 2.75) is 64.9 Å². The van der Waals surface area contributed by atoms with Crippen LogP contribution < -0.4 is 4.74 Å². The van der Waals surface area contributed by atoms with Gasteiger partial charge < -0.3 is 23.5 Å². The van der Waals surface area contributed by atoms with Gasteiger partial charge in [-0.15, -0.1) is 0 Å². The summed E-state index contributed by atoms with van der Waals surface area (Å²) in [5, 5.41) is 19.7. The maximum absolute atomic E-state index is 13.5. The van der Waals surface area contributed by atoms with Crippen molar-refractivity contribution < 1.29 is 32.3 Å². The van der Waals surface area contributed by atoms with E-state index in [1.165, 1.54) is 6.07 Å². The number of alkyl halides is 2. The minimum absolute atomic E-state index is 0.00492. The number of aromatic nitrogens is 2. The van der Waals surface area contributed by atoms with Gasteiger partial charge in [0.15, 0.2) is 11.2 Å². The number of benzene rings is 4. The number of ether oxygens (including phenoxy) is 1. The van der Waals surface area contributed by atoms with Gasteiger partial charge in [-0.05, 0) is 91.4 Å². The molecule has 0 amide bonds. The smallest absolute Gasteiger partial charge is 0.387 e. The molecule has 0 spiro atoms. The van der Waals surface area contributed by atoms with Crippen molar-refractivity contribution in [1.29, 1.82) is 5.26 Å². The number of nitrogens with zero attached hydrogens (tertiary/aromatic N) is 6. The summed E-state index contributed by atoms with van der Waals surface area (Å²) >= 11 is 0. The standard InChI is InChI=1S/C42H36F2N6O5/c1-23-29(7-4-9-31(23)39-47-33-17-27(21-50-13-6-11-35(50)41(51)52)36(54-42(43)44)18-37(33)53-39)30-8-5-10-32(24(30)2)40-48-34-16-25(15-26(19-45)38(34)55-40)20-49-14-12-28(22-49)46-3/h4-5,7-10,15-18,28,35,42H,6,11-14,20-22H2,1-2H3,(H,51,52)/t28?,35-/m0/s1. The molecule has 0 bridgehead atoms. The lowest BCUT2D eigenvalue weighted by Crippen LogP contribution is -2.35. The van der Waals surface area contributed by atoms with Crippen LogP contribution in [0.1, 0.15) is 47.1 Å². The molecule has 2 aliphatic rings. The molecular weight excluding hydrogens is 706 g/mol. The van der Waals surface area contributed by atoms with E-state index < -0.39 is 18.6 Å². The van der Waals surface area contributed by atoms with E-state index in [0.717, 1.165) is 46.3 Å². The van der Waals surface area contributed by atoms with Crippen LogP contribution in [0.4, 0.5) is 8.78 Å². The van der Waals surface area contributed by atoms with Crippen molar-refractivity contribution in [3.63, 3.8) is 0 Å². The molecular formula is C42H36F2N6O5. The molecule has 6 aromatic rings. The fraction of sp³-hybridized carbons (Fsp3) is 0.310. The van der Waals surface area contributed by atoms with Crippen molar-refractivity contribution in [2.24, 2.45) is 0 Å². The molecule has 11 nitrogen and oxygen atoms in total. The molecule has 4 aromatic carbocycles. The molecule has 8 rings (SSSR count). The number of hydrogen-bond donors (Lipinski definition) is 1. The summed E-state index contributed by atoms with van der Waals surface area (Å²) in [6.07, 6.45) is 2.02. The van der Waals surface area contributed by atoms with Crippen LogP contribution >= 0.6 is 0 Å². The molecule has 2 aliphatic heterocycles. The van der Waals surface area contributed by atoms with Crippen LogP contribution in [-0.2, 0) is 17.9 Å². The lowest BCUT2D eigenvalue weighted by molar-refractivity contribution is -0.142. The minimum atomic E-state index is -3.08. The van der Waals surface area contributed by atoms with Crippen LogP contribution in [0.25, 0.3) is 61.1 Å². The van der Waals surface area contributed by atoms with Gasteiger partial charge in [0.1, 0.15) is 28.9 Å². The highest BCUT2D eigenvalue weighted by atomic mass is 19.3. The lowest BCUT2D eigenvalue weighted by Gasteiger charge is -2.22. The van der Waals surface area contributed by atoms with E-state index in [1.807, 2.05) is 62.4 Å². The van der Waals surface area contributed by atoms with E-state index in [1.54, 1.807) is 11.0 Å². The predicted octanol–water partition coefficient (Wildman–Crippen LogP) is 8.60. The molecule has 2 aromatic heterocycles. The second-order valence-corrected chi connectivity index (χ2v) is 14.2. The van der Waals surface area contributed by atoms with Crippen molar-refractivity contribution in [3.8, 4) is 45.9 Å². The molecule has 4 heterocycles. The van der Waals surface area contributed by atoms with E-state index in [2.05, 4.69) is 15.8 Å². The van der Waals surface area contributed by atoms with Gasteiger partial charge in [0, 0.05) is 48.8 Å². The van der Waals surface area contributed by atoms with Crippen LogP contribution in [0.5, 0.6) is 5.75 Å². The minimum Gasteiger partial charge on any atom is -0.480 e. The molecule has 0 radical (unpaired) electrons. The summed E-state index contributed by atoms with van der Waals surface area (Å²) in [5.41, 5.74) is 8.56. The number of rotatable bonds is 10. The Balaban J connectivity index is 1.12. The van der Waals surface area contributed by atoms with Gasteiger partial charge in [0.05, 0.1) is 12.1 Å². The van der Waals surface area contributed by atoms with Crippen LogP contribution in [0, 0.1) is 31.8 Å². The van der Waals surface area contributed by atoms with Crippen LogP contribution in [-0.4, -0.2) is 69.2 Å². The van der Waals surface area contributed by atoms with E-state index in [9.17, 15) is 23.9 Å². The van der Waals surface area contributed by atoms with Crippen molar-refractivity contribution in [3.05, 3.63) is 99.9 Å². The Bertz CT molecular complexity index is 2550. The summed E-state index contributed by atoms with van der Waals surface area (Å²) in [5.74, 6) is -0.342. The first-order valence-electron chi connectivity index (χ1n) is 18.1. The van der Waals surface area contributed by atoms with E-state index in [0.29, 0.717) is 77.6 Å². The predicted molar refractivity (Wildman–Crippen MR) is 200 cm³/mol. The van der Waals surface area contributed by atoms with Gasteiger partial charge in [-0.25, -0.2) is 16.5 Å². The highest BCUT2D eigenvalue weighted by Crippen LogP contribution is 2.39. The Morgan fingerprint density at radius 3 is 2.33 bits per heavy atom. The van der Waals surface area contributed by atoms with Crippen molar-refractivity contribution in [1.82, 2.24) is 19.8 Å². The first-order valence-corrected chi connectivity index (χ1v) is 18.1. The molecule has 1 N–H and O–H groups in total. The molecule has 2 fully saturated rings. The summed E-state index contributed by atoms with van der Waals surface area (Å²) in [6, 6.07) is 20.0. The highest BCUT2D eigenvalue weighted by molar-refractivity contribution is 5.86. The molecule has 1 unspecified atom stereocenters. The summed E-state index contributed by atoms with van der Waals surface area (Å²) in [6.45, 7) is 11.0. The second-order valence-electron chi connectivity index (χ2n) is 14.2. The third-order valence-electron chi connectivity index (χ3n) is 10.7. The number of aliphatic carboxylic acids is 1. The molecule has 2 atom stereocenters. The number of fused-ring (bicyclic) bond motifs is 2. The van der Waals surface area contributed by atoms with Gasteiger partial charge in [-0.1, -0.05) is 24.3 Å². The van der Waals surface area contributed by atoms with Gasteiger partial charge in [0.25, 0.3) is 0 Å². The normalized spacial score (nSPS) is 17.7. The zero-order valence-corrected chi connectivity index (χ0v) is 30.2. The summed E-state index contributed by atoms with van der Waals surface area (Å²) < 4.78 is 44.3. The molecule has 2 saturated heterocycles. The maximum Gasteiger partial charge on any atom is 0.387 e. The van der Waals surface area contributed by atoms with E-state index >= 15 is 0 Å². The Kier molecular flexibility index (Phi) is 9.51. The quantitative estimate of drug-likeness (QED) is 0.136. The first-order chi connectivity index (χ1) is 26.6. The maximum atomic E-state index is 13.5. The van der Waals surface area contributed by atoms with Crippen molar-refractivity contribution in [2.75, 3.05) is 19.6 Å². The number of halogens is 2. The molecule has 13 heteroatoms. The number of hydrogen-bond acceptors (Lipinski definition) is 9. The second kappa shape index (κ2) is 14.6. The Labute approximate surface area is 315 Å². The van der Waals surface area contributed by atoms with Gasteiger partial charge in [-0.2, -0.15) is 14.0 Å². The topological polar surface area (TPSA) is 133 Å². The zero-order chi connectivity index (χ0) is 38.4. The lowest BCUT2D eigenvalue weighted by atomic mass is 9.91. The number of oxazole rings is 2. The third-order valence-corrected chi connectivity index (χ3v) is 10.7. The average Bonchev–Trinajstić information content (AvgIpc) is 3.98. The van der Waals surface area contributed by atoms with Crippen LogP contribution in [0.15, 0.2) is 69.5 Å². The Morgan fingerprint density at radius 2 is 1.67 bits per heavy atom. The summed E-state index contributed by atoms with van der Waals surface area (Å²) in [4.78, 5) is 29.1. The van der Waals surface area contributed by atoms with Crippen molar-refractivity contribution >= 4 is 28.2 Å². The van der Waals surface area contributed by atoms with Gasteiger partial charge in [-0.3, -0.25) is 14.6 Å². The number of carboxylic acid groups (broad SMARTS) is 1. The fourth-order valence-corrected chi connectivity index (χ4v) is 7.97. The van der Waals surface area contributed by atoms with Crippen LogP contribution in [0.2, 0.25) is 0 Å².